The largest absolute Gasteiger partial charge is 0.308 e. The zero-order valence-corrected chi connectivity index (χ0v) is 11.0. The fraction of sp³-hybridized carbons (Fsp3) is 0.400. The number of hydrogen-bond acceptors (Lipinski definition) is 2. The van der Waals surface area contributed by atoms with Crippen LogP contribution in [0, 0.1) is 0 Å². The second-order valence-corrected chi connectivity index (χ2v) is 4.98. The number of aromatic nitrogens is 2. The van der Waals surface area contributed by atoms with Crippen LogP contribution >= 0.6 is 0 Å². The minimum absolute atomic E-state index is 0.225. The van der Waals surface area contributed by atoms with Crippen LogP contribution in [0.3, 0.4) is 0 Å². The third kappa shape index (κ3) is 1.85. The lowest BCUT2D eigenvalue weighted by Gasteiger charge is -2.18. The lowest BCUT2D eigenvalue weighted by atomic mass is 9.99. The predicted octanol–water partition coefficient (Wildman–Crippen LogP) is 2.22. The van der Waals surface area contributed by atoms with Crippen LogP contribution in [0.25, 0.3) is 0 Å². The summed E-state index contributed by atoms with van der Waals surface area (Å²) in [5, 5.41) is 7.65. The molecule has 1 aliphatic carbocycles. The lowest BCUT2D eigenvalue weighted by molar-refractivity contribution is 0.605. The third-order valence-electron chi connectivity index (χ3n) is 3.90. The highest BCUT2D eigenvalue weighted by molar-refractivity contribution is 5.38. The van der Waals surface area contributed by atoms with Crippen LogP contribution in [0.15, 0.2) is 30.5 Å². The van der Waals surface area contributed by atoms with Crippen molar-refractivity contribution >= 4 is 0 Å². The number of nitrogens with one attached hydrogen (secondary N) is 1. The van der Waals surface area contributed by atoms with Gasteiger partial charge in [-0.05, 0) is 49.1 Å². The number of fused-ring (bicyclic) bond motifs is 1. The Bertz CT molecular complexity index is 557. The Morgan fingerprint density at radius 2 is 2.06 bits per heavy atom. The maximum Gasteiger partial charge on any atom is 0.0745 e. The molecule has 0 aliphatic heterocycles. The summed E-state index contributed by atoms with van der Waals surface area (Å²) in [4.78, 5) is 0. The molecule has 1 atom stereocenters. The van der Waals surface area contributed by atoms with Crippen molar-refractivity contribution in [3.05, 3.63) is 52.8 Å². The van der Waals surface area contributed by atoms with Gasteiger partial charge < -0.3 is 5.32 Å². The first-order valence-corrected chi connectivity index (χ1v) is 6.56. The average Bonchev–Trinajstić information content (AvgIpc) is 2.99. The van der Waals surface area contributed by atoms with E-state index in [9.17, 15) is 0 Å². The van der Waals surface area contributed by atoms with E-state index in [0.717, 1.165) is 0 Å². The van der Waals surface area contributed by atoms with Crippen molar-refractivity contribution in [2.24, 2.45) is 7.05 Å². The Hall–Kier alpha value is -1.61. The molecule has 2 aromatic rings. The number of nitrogens with zero attached hydrogens (tertiary/aromatic N) is 2. The van der Waals surface area contributed by atoms with Crippen molar-refractivity contribution in [2.45, 2.75) is 25.3 Å². The molecule has 3 heteroatoms. The second kappa shape index (κ2) is 4.58. The molecular weight excluding hydrogens is 222 g/mol. The molecule has 94 valence electrons. The van der Waals surface area contributed by atoms with Gasteiger partial charge in [-0.3, -0.25) is 4.68 Å². The van der Waals surface area contributed by atoms with E-state index in [1.54, 1.807) is 0 Å². The Morgan fingerprint density at radius 1 is 1.22 bits per heavy atom. The summed E-state index contributed by atoms with van der Waals surface area (Å²) in [7, 11) is 4.00. The Morgan fingerprint density at radius 3 is 2.78 bits per heavy atom. The molecule has 1 aromatic carbocycles. The fourth-order valence-electron chi connectivity index (χ4n) is 2.92. The predicted molar refractivity (Wildman–Crippen MR) is 72.6 cm³/mol. The van der Waals surface area contributed by atoms with Crippen LogP contribution in [0.2, 0.25) is 0 Å². The van der Waals surface area contributed by atoms with Crippen LogP contribution in [0.5, 0.6) is 0 Å². The van der Waals surface area contributed by atoms with Gasteiger partial charge >= 0.3 is 0 Å². The van der Waals surface area contributed by atoms with E-state index in [1.807, 2.05) is 25.0 Å². The van der Waals surface area contributed by atoms with Gasteiger partial charge in [0.1, 0.15) is 0 Å². The van der Waals surface area contributed by atoms with E-state index < -0.39 is 0 Å². The van der Waals surface area contributed by atoms with E-state index in [-0.39, 0.29) is 6.04 Å². The van der Waals surface area contributed by atoms with Crippen molar-refractivity contribution in [2.75, 3.05) is 7.05 Å². The standard InChI is InChI=1S/C15H19N3/c1-16-15(14-8-9-17-18(14)2)13-7-6-11-4-3-5-12(11)10-13/h6-10,15-16H,3-5H2,1-2H3. The summed E-state index contributed by atoms with van der Waals surface area (Å²) in [5.41, 5.74) is 5.59. The molecule has 0 fully saturated rings. The first-order valence-electron chi connectivity index (χ1n) is 6.56. The maximum atomic E-state index is 4.26. The molecule has 18 heavy (non-hydrogen) atoms. The van der Waals surface area contributed by atoms with Gasteiger partial charge in [-0.15, -0.1) is 0 Å². The van der Waals surface area contributed by atoms with Gasteiger partial charge in [0.15, 0.2) is 0 Å². The van der Waals surface area contributed by atoms with E-state index in [4.69, 9.17) is 0 Å². The quantitative estimate of drug-likeness (QED) is 0.893. The van der Waals surface area contributed by atoms with Crippen LogP contribution < -0.4 is 5.32 Å². The molecule has 0 amide bonds. The van der Waals surface area contributed by atoms with Gasteiger partial charge in [0.05, 0.1) is 11.7 Å². The highest BCUT2D eigenvalue weighted by Crippen LogP contribution is 2.28. The minimum atomic E-state index is 0.225. The van der Waals surface area contributed by atoms with Crippen LogP contribution in [0.4, 0.5) is 0 Å². The molecule has 1 N–H and O–H groups in total. The van der Waals surface area contributed by atoms with Crippen molar-refractivity contribution in [3.8, 4) is 0 Å². The summed E-state index contributed by atoms with van der Waals surface area (Å²) < 4.78 is 1.94. The van der Waals surface area contributed by atoms with Gasteiger partial charge in [0, 0.05) is 13.2 Å². The fourth-order valence-corrected chi connectivity index (χ4v) is 2.92. The number of rotatable bonds is 3. The van der Waals surface area contributed by atoms with Crippen LogP contribution in [0.1, 0.15) is 34.8 Å². The normalized spacial score (nSPS) is 15.7. The first kappa shape index (κ1) is 11.5. The molecule has 1 aromatic heterocycles. The number of aryl methyl sites for hydroxylation is 3. The zero-order chi connectivity index (χ0) is 12.5. The topological polar surface area (TPSA) is 29.9 Å². The van der Waals surface area contributed by atoms with E-state index in [0.29, 0.717) is 0 Å². The number of hydrogen-bond donors (Lipinski definition) is 1. The summed E-state index contributed by atoms with van der Waals surface area (Å²) in [6.07, 6.45) is 5.62. The summed E-state index contributed by atoms with van der Waals surface area (Å²) in [6, 6.07) is 9.20. The van der Waals surface area contributed by atoms with Crippen LogP contribution in [-0.4, -0.2) is 16.8 Å². The summed E-state index contributed by atoms with van der Waals surface area (Å²) in [6.45, 7) is 0. The summed E-state index contributed by atoms with van der Waals surface area (Å²) >= 11 is 0. The zero-order valence-electron chi connectivity index (χ0n) is 11.0. The third-order valence-corrected chi connectivity index (χ3v) is 3.90. The molecule has 3 rings (SSSR count). The SMILES string of the molecule is CNC(c1ccc2c(c1)CCC2)c1ccnn1C. The van der Waals surface area contributed by atoms with Crippen molar-refractivity contribution < 1.29 is 0 Å². The smallest absolute Gasteiger partial charge is 0.0745 e. The molecule has 0 spiro atoms. The van der Waals surface area contributed by atoms with Gasteiger partial charge in [0.2, 0.25) is 0 Å². The molecule has 0 bridgehead atoms. The van der Waals surface area contributed by atoms with E-state index in [2.05, 4.69) is 34.7 Å². The summed E-state index contributed by atoms with van der Waals surface area (Å²) in [5.74, 6) is 0. The van der Waals surface area contributed by atoms with Gasteiger partial charge in [-0.25, -0.2) is 0 Å². The molecule has 0 radical (unpaired) electrons. The van der Waals surface area contributed by atoms with Crippen molar-refractivity contribution in [3.63, 3.8) is 0 Å². The van der Waals surface area contributed by atoms with E-state index >= 15 is 0 Å². The lowest BCUT2D eigenvalue weighted by Crippen LogP contribution is -2.20. The van der Waals surface area contributed by atoms with E-state index in [1.165, 1.54) is 41.6 Å². The molecule has 1 heterocycles. The molecule has 0 saturated heterocycles. The van der Waals surface area contributed by atoms with Gasteiger partial charge in [-0.2, -0.15) is 5.10 Å². The van der Waals surface area contributed by atoms with Crippen LogP contribution in [-0.2, 0) is 19.9 Å². The Balaban J connectivity index is 2.00. The monoisotopic (exact) mass is 241 g/mol. The maximum absolute atomic E-state index is 4.26. The minimum Gasteiger partial charge on any atom is -0.308 e. The Kier molecular flexibility index (Phi) is 2.92. The molecule has 0 saturated carbocycles. The molecule has 1 unspecified atom stereocenters. The molecular formula is C15H19N3. The molecule has 1 aliphatic rings. The van der Waals surface area contributed by atoms with Gasteiger partial charge in [-0.1, -0.05) is 18.2 Å². The highest BCUT2D eigenvalue weighted by atomic mass is 15.3. The Labute approximate surface area is 108 Å². The first-order chi connectivity index (χ1) is 8.79. The second-order valence-electron chi connectivity index (χ2n) is 4.98. The average molecular weight is 241 g/mol. The number of benzene rings is 1. The molecule has 3 nitrogen and oxygen atoms in total. The van der Waals surface area contributed by atoms with Crippen molar-refractivity contribution in [1.29, 1.82) is 0 Å². The van der Waals surface area contributed by atoms with Gasteiger partial charge in [0.25, 0.3) is 0 Å². The highest BCUT2D eigenvalue weighted by Gasteiger charge is 2.18. The van der Waals surface area contributed by atoms with Crippen molar-refractivity contribution in [1.82, 2.24) is 15.1 Å².